The minimum absolute atomic E-state index is 0.797. The standard InChI is InChI=1S/C21H29N7OS/c1-27(2)9-5-8-22-19-18-17(24-26-25-19)16-14-6-3-4-7-15(14)20(23-21(16)30-18)28-10-12-29-13-11-28/h3-13H2,1-2H3,(H,22,24,25)/p+2. The van der Waals surface area contributed by atoms with Gasteiger partial charge in [-0.15, -0.1) is 10.2 Å². The molecule has 5 rings (SSSR count). The predicted octanol–water partition coefficient (Wildman–Crippen LogP) is 0.716. The lowest BCUT2D eigenvalue weighted by Gasteiger charge is -2.25. The number of thiophene rings is 1. The first-order valence-electron chi connectivity index (χ1n) is 11.1. The van der Waals surface area contributed by atoms with Gasteiger partial charge in [-0.3, -0.25) is 4.90 Å². The maximum absolute atomic E-state index is 5.59. The first kappa shape index (κ1) is 19.8. The zero-order chi connectivity index (χ0) is 20.5. The lowest BCUT2D eigenvalue weighted by Crippen LogP contribution is -3.05. The van der Waals surface area contributed by atoms with Crippen molar-refractivity contribution in [1.29, 1.82) is 0 Å². The highest BCUT2D eigenvalue weighted by atomic mass is 32.1. The van der Waals surface area contributed by atoms with Crippen molar-refractivity contribution in [1.82, 2.24) is 15.4 Å². The molecule has 3 aromatic rings. The van der Waals surface area contributed by atoms with Gasteiger partial charge in [0.25, 0.3) is 5.82 Å². The first-order chi connectivity index (χ1) is 14.7. The molecule has 0 unspecified atom stereocenters. The van der Waals surface area contributed by atoms with Crippen LogP contribution in [-0.2, 0) is 17.6 Å². The highest BCUT2D eigenvalue weighted by Gasteiger charge is 2.30. The van der Waals surface area contributed by atoms with Crippen molar-refractivity contribution in [3.05, 3.63) is 11.1 Å². The number of H-pyrrole nitrogens is 1. The summed E-state index contributed by atoms with van der Waals surface area (Å²) < 4.78 is 6.70. The Bertz CT molecular complexity index is 1040. The van der Waals surface area contributed by atoms with Gasteiger partial charge < -0.3 is 15.0 Å². The average Bonchev–Trinajstić information content (AvgIpc) is 3.16. The van der Waals surface area contributed by atoms with Crippen molar-refractivity contribution in [3.63, 3.8) is 0 Å². The predicted molar refractivity (Wildman–Crippen MR) is 120 cm³/mol. The van der Waals surface area contributed by atoms with E-state index in [0.29, 0.717) is 0 Å². The van der Waals surface area contributed by atoms with Crippen molar-refractivity contribution in [2.75, 3.05) is 63.7 Å². The van der Waals surface area contributed by atoms with Crippen LogP contribution in [0.25, 0.3) is 20.4 Å². The Hall–Kier alpha value is -2.10. The van der Waals surface area contributed by atoms with E-state index in [9.17, 15) is 0 Å². The van der Waals surface area contributed by atoms with Crippen molar-refractivity contribution in [2.24, 2.45) is 0 Å². The number of aromatic nitrogens is 4. The van der Waals surface area contributed by atoms with E-state index in [1.54, 1.807) is 11.3 Å². The Balaban J connectivity index is 1.58. The number of hydrogen-bond donors (Lipinski definition) is 2. The van der Waals surface area contributed by atoms with E-state index in [2.05, 4.69) is 44.7 Å². The van der Waals surface area contributed by atoms with Crippen LogP contribution in [0.2, 0.25) is 0 Å². The normalized spacial score (nSPS) is 17.1. The van der Waals surface area contributed by atoms with Crippen molar-refractivity contribution >= 4 is 43.4 Å². The summed E-state index contributed by atoms with van der Waals surface area (Å²) in [5.41, 5.74) is 3.93. The molecule has 3 aromatic heterocycles. The number of hydrogen-bond acceptors (Lipinski definition) is 7. The topological polar surface area (TPSA) is 81.8 Å². The van der Waals surface area contributed by atoms with Crippen LogP contribution in [0.1, 0.15) is 30.4 Å². The summed E-state index contributed by atoms with van der Waals surface area (Å²) in [6.07, 6.45) is 5.83. The maximum Gasteiger partial charge on any atom is 0.279 e. The quantitative estimate of drug-likeness (QED) is 0.562. The number of aromatic amines is 1. The minimum Gasteiger partial charge on any atom is -0.373 e. The molecule has 9 heteroatoms. The molecule has 0 amide bonds. The number of rotatable bonds is 6. The van der Waals surface area contributed by atoms with E-state index >= 15 is 0 Å². The number of ether oxygens (including phenoxy) is 1. The fourth-order valence-corrected chi connectivity index (χ4v) is 5.77. The van der Waals surface area contributed by atoms with Gasteiger partial charge in [0.1, 0.15) is 23.3 Å². The smallest absolute Gasteiger partial charge is 0.279 e. The SMILES string of the molecule is C[NH+](C)CCCNc1nnnc2c1sc1[nH+]c(N3CCOCC3)c3c(c12)CCCC3. The molecule has 2 aliphatic rings. The van der Waals surface area contributed by atoms with Crippen LogP contribution in [0.3, 0.4) is 0 Å². The molecule has 0 aromatic carbocycles. The molecule has 8 nitrogen and oxygen atoms in total. The Morgan fingerprint density at radius 1 is 1.13 bits per heavy atom. The highest BCUT2D eigenvalue weighted by molar-refractivity contribution is 7.25. The number of aryl methyl sites for hydroxylation is 1. The molecular formula is C21H31N7OS+2. The highest BCUT2D eigenvalue weighted by Crippen LogP contribution is 2.40. The number of anilines is 2. The van der Waals surface area contributed by atoms with Crippen LogP contribution in [0.15, 0.2) is 0 Å². The van der Waals surface area contributed by atoms with Gasteiger partial charge in [-0.25, -0.2) is 4.98 Å². The molecule has 0 atom stereocenters. The van der Waals surface area contributed by atoms with Crippen LogP contribution in [-0.4, -0.2) is 68.9 Å². The van der Waals surface area contributed by atoms with E-state index < -0.39 is 0 Å². The third kappa shape index (κ3) is 3.70. The Labute approximate surface area is 180 Å². The number of pyridine rings is 1. The van der Waals surface area contributed by atoms with E-state index in [-0.39, 0.29) is 0 Å². The monoisotopic (exact) mass is 429 g/mol. The van der Waals surface area contributed by atoms with Gasteiger partial charge in [0.15, 0.2) is 10.6 Å². The van der Waals surface area contributed by atoms with Gasteiger partial charge in [-0.05, 0) is 36.5 Å². The number of fused-ring (bicyclic) bond motifs is 5. The van der Waals surface area contributed by atoms with E-state index in [4.69, 9.17) is 4.74 Å². The lowest BCUT2D eigenvalue weighted by molar-refractivity contribution is -0.858. The first-order valence-corrected chi connectivity index (χ1v) is 11.9. The van der Waals surface area contributed by atoms with Gasteiger partial charge in [0.2, 0.25) is 0 Å². The van der Waals surface area contributed by atoms with Gasteiger partial charge in [0.05, 0.1) is 39.2 Å². The fraction of sp³-hybridized carbons (Fsp3) is 0.619. The molecule has 1 fully saturated rings. The molecule has 160 valence electrons. The summed E-state index contributed by atoms with van der Waals surface area (Å²) in [4.78, 5) is 8.90. The summed E-state index contributed by atoms with van der Waals surface area (Å²) in [7, 11) is 4.36. The van der Waals surface area contributed by atoms with Gasteiger partial charge in [0, 0.05) is 18.5 Å². The summed E-state index contributed by atoms with van der Waals surface area (Å²) in [6, 6.07) is 0. The van der Waals surface area contributed by atoms with Crippen LogP contribution in [0.4, 0.5) is 11.6 Å². The zero-order valence-corrected chi connectivity index (χ0v) is 18.7. The maximum atomic E-state index is 5.59. The molecule has 0 saturated carbocycles. The van der Waals surface area contributed by atoms with E-state index in [1.165, 1.54) is 44.9 Å². The van der Waals surface area contributed by atoms with E-state index in [1.807, 2.05) is 0 Å². The van der Waals surface area contributed by atoms with Gasteiger partial charge in [-0.2, -0.15) is 0 Å². The largest absolute Gasteiger partial charge is 0.373 e. The molecule has 3 N–H and O–H groups in total. The number of morpholine rings is 1. The van der Waals surface area contributed by atoms with Crippen LogP contribution in [0, 0.1) is 0 Å². The Morgan fingerprint density at radius 3 is 2.73 bits per heavy atom. The Morgan fingerprint density at radius 2 is 1.93 bits per heavy atom. The summed E-state index contributed by atoms with van der Waals surface area (Å²) in [6.45, 7) is 5.51. The Kier molecular flexibility index (Phi) is 5.66. The number of quaternary nitrogens is 1. The van der Waals surface area contributed by atoms with Gasteiger partial charge in [-0.1, -0.05) is 11.3 Å². The molecule has 0 bridgehead atoms. The second-order valence-electron chi connectivity index (χ2n) is 8.60. The summed E-state index contributed by atoms with van der Waals surface area (Å²) in [5.74, 6) is 2.15. The molecule has 0 radical (unpaired) electrons. The minimum atomic E-state index is 0.797. The van der Waals surface area contributed by atoms with E-state index in [0.717, 1.165) is 74.7 Å². The second-order valence-corrected chi connectivity index (χ2v) is 9.62. The third-order valence-corrected chi connectivity index (χ3v) is 7.25. The molecule has 4 heterocycles. The van der Waals surface area contributed by atoms with Crippen molar-refractivity contribution < 1.29 is 14.6 Å². The fourth-order valence-electron chi connectivity index (χ4n) is 4.65. The van der Waals surface area contributed by atoms with Crippen LogP contribution >= 0.6 is 11.3 Å². The lowest BCUT2D eigenvalue weighted by atomic mass is 9.90. The van der Waals surface area contributed by atoms with Gasteiger partial charge >= 0.3 is 0 Å². The van der Waals surface area contributed by atoms with Crippen LogP contribution < -0.4 is 20.1 Å². The third-order valence-electron chi connectivity index (χ3n) is 6.15. The molecule has 1 aliphatic heterocycles. The average molecular weight is 430 g/mol. The second kappa shape index (κ2) is 8.56. The molecule has 1 aliphatic carbocycles. The van der Waals surface area contributed by atoms with Crippen LogP contribution in [0.5, 0.6) is 0 Å². The van der Waals surface area contributed by atoms with Crippen molar-refractivity contribution in [3.8, 4) is 0 Å². The molecule has 0 spiro atoms. The molecule has 1 saturated heterocycles. The number of nitrogens with zero attached hydrogens (tertiary/aromatic N) is 4. The summed E-state index contributed by atoms with van der Waals surface area (Å²) >= 11 is 1.76. The van der Waals surface area contributed by atoms with Crippen molar-refractivity contribution in [2.45, 2.75) is 32.1 Å². The zero-order valence-electron chi connectivity index (χ0n) is 17.9. The molecular weight excluding hydrogens is 398 g/mol. The molecule has 30 heavy (non-hydrogen) atoms. The number of nitrogens with one attached hydrogen (secondary N) is 3. The summed E-state index contributed by atoms with van der Waals surface area (Å²) in [5, 5.41) is 17.7.